The Morgan fingerprint density at radius 2 is 2.00 bits per heavy atom. The number of amides is 1. The van der Waals surface area contributed by atoms with Crippen LogP contribution in [0.2, 0.25) is 0 Å². The van der Waals surface area contributed by atoms with Gasteiger partial charge in [-0.3, -0.25) is 9.78 Å². The summed E-state index contributed by atoms with van der Waals surface area (Å²) in [4.78, 5) is 22.7. The lowest BCUT2D eigenvalue weighted by Gasteiger charge is -2.25. The molecule has 7 nitrogen and oxygen atoms in total. The van der Waals surface area contributed by atoms with E-state index in [-0.39, 0.29) is 0 Å². The van der Waals surface area contributed by atoms with Gasteiger partial charge >= 0.3 is 0 Å². The van der Waals surface area contributed by atoms with Crippen molar-refractivity contribution in [1.82, 2.24) is 25.1 Å². The molecule has 0 saturated heterocycles. The smallest absolute Gasteiger partial charge is 0.207 e. The number of benzene rings is 1. The van der Waals surface area contributed by atoms with Gasteiger partial charge in [-0.1, -0.05) is 25.3 Å². The fraction of sp³-hybridized carbons (Fsp3) is 0.286. The number of nitrogens with one attached hydrogen (secondary N) is 3. The van der Waals surface area contributed by atoms with Crippen LogP contribution in [0.3, 0.4) is 0 Å². The second-order valence-electron chi connectivity index (χ2n) is 8.75. The molecule has 1 unspecified atom stereocenters. The summed E-state index contributed by atoms with van der Waals surface area (Å²) in [6.07, 6.45) is 9.09. The molecule has 1 aromatic carbocycles. The van der Waals surface area contributed by atoms with Gasteiger partial charge in [-0.05, 0) is 75.8 Å². The van der Waals surface area contributed by atoms with Gasteiger partial charge in [0, 0.05) is 48.1 Å². The minimum absolute atomic E-state index is 0.405. The summed E-state index contributed by atoms with van der Waals surface area (Å²) in [6, 6.07) is 14.7. The lowest BCUT2D eigenvalue weighted by molar-refractivity contribution is -0.109. The minimum atomic E-state index is 0.405. The molecule has 3 aromatic rings. The number of carbonyl (C=O) groups excluding carboxylic acids is 1. The van der Waals surface area contributed by atoms with Gasteiger partial charge in [0.15, 0.2) is 0 Å². The largest absolute Gasteiger partial charge is 0.359 e. The Bertz CT molecular complexity index is 1160. The Kier molecular flexibility index (Phi) is 9.26. The number of rotatable bonds is 14. The Balaban J connectivity index is 1.67. The fourth-order valence-electron chi connectivity index (χ4n) is 4.09. The molecule has 0 aliphatic carbocycles. The predicted molar refractivity (Wildman–Crippen MR) is 146 cm³/mol. The van der Waals surface area contributed by atoms with E-state index in [0.29, 0.717) is 12.6 Å². The number of carbonyl (C=O) groups is 1. The van der Waals surface area contributed by atoms with Crippen LogP contribution < -0.4 is 10.6 Å². The molecule has 2 heterocycles. The van der Waals surface area contributed by atoms with Crippen molar-refractivity contribution < 1.29 is 4.79 Å². The van der Waals surface area contributed by atoms with Crippen molar-refractivity contribution in [2.75, 3.05) is 33.0 Å². The van der Waals surface area contributed by atoms with E-state index in [9.17, 15) is 4.79 Å². The van der Waals surface area contributed by atoms with E-state index >= 15 is 0 Å². The van der Waals surface area contributed by atoms with Crippen LogP contribution in [0.25, 0.3) is 16.6 Å². The molecule has 0 aliphatic heterocycles. The molecule has 0 saturated carbocycles. The number of hydrogen-bond donors (Lipinski definition) is 3. The maximum Gasteiger partial charge on any atom is 0.207 e. The highest BCUT2D eigenvalue weighted by molar-refractivity contribution is 5.84. The van der Waals surface area contributed by atoms with Crippen LogP contribution in [0.1, 0.15) is 24.2 Å². The van der Waals surface area contributed by atoms with Gasteiger partial charge in [-0.25, -0.2) is 0 Å². The van der Waals surface area contributed by atoms with Gasteiger partial charge in [0.25, 0.3) is 0 Å². The summed E-state index contributed by atoms with van der Waals surface area (Å²) in [5.41, 5.74) is 5.03. The third-order valence-corrected chi connectivity index (χ3v) is 6.12. The normalized spacial score (nSPS) is 12.4. The summed E-state index contributed by atoms with van der Waals surface area (Å²) >= 11 is 0. The second-order valence-corrected chi connectivity index (χ2v) is 8.75. The molecule has 0 spiro atoms. The molecule has 3 N–H and O–H groups in total. The van der Waals surface area contributed by atoms with Crippen molar-refractivity contribution in [3.63, 3.8) is 0 Å². The van der Waals surface area contributed by atoms with E-state index in [0.717, 1.165) is 59.5 Å². The number of nitrogens with zero attached hydrogens (tertiary/aromatic N) is 3. The van der Waals surface area contributed by atoms with Crippen LogP contribution in [0, 0.1) is 0 Å². The number of pyridine rings is 1. The van der Waals surface area contributed by atoms with Gasteiger partial charge in [-0.2, -0.15) is 0 Å². The van der Waals surface area contributed by atoms with Crippen molar-refractivity contribution in [2.24, 2.45) is 0 Å². The van der Waals surface area contributed by atoms with Crippen molar-refractivity contribution in [3.8, 4) is 0 Å². The summed E-state index contributed by atoms with van der Waals surface area (Å²) in [6.45, 7) is 8.76. The van der Waals surface area contributed by atoms with E-state index in [4.69, 9.17) is 0 Å². The maximum absolute atomic E-state index is 10.5. The summed E-state index contributed by atoms with van der Waals surface area (Å²) in [5, 5.41) is 7.33. The first kappa shape index (κ1) is 25.8. The van der Waals surface area contributed by atoms with Crippen molar-refractivity contribution in [1.29, 1.82) is 0 Å². The zero-order chi connectivity index (χ0) is 25.2. The Hall–Kier alpha value is -3.84. The van der Waals surface area contributed by atoms with E-state index < -0.39 is 0 Å². The van der Waals surface area contributed by atoms with Gasteiger partial charge in [-0.15, -0.1) is 0 Å². The average Bonchev–Trinajstić information content (AvgIpc) is 3.26. The highest BCUT2D eigenvalue weighted by atomic mass is 16.1. The topological polar surface area (TPSA) is 76.3 Å². The third kappa shape index (κ3) is 7.07. The van der Waals surface area contributed by atoms with Gasteiger partial charge in [0.2, 0.25) is 6.41 Å². The van der Waals surface area contributed by atoms with Crippen LogP contribution in [0.15, 0.2) is 79.8 Å². The van der Waals surface area contributed by atoms with E-state index in [1.165, 1.54) is 5.69 Å². The van der Waals surface area contributed by atoms with E-state index in [1.807, 2.05) is 42.3 Å². The number of hydrogen-bond acceptors (Lipinski definition) is 5. The van der Waals surface area contributed by atoms with Gasteiger partial charge < -0.3 is 25.4 Å². The molecular formula is C28H36N6O. The SMILES string of the molecule is C=C/C=C(/c1ccccn1)N(C)C(=C)Nc1ccc2[nH]c(CCC(CCNC=O)N(C)C)cc2c1. The summed E-state index contributed by atoms with van der Waals surface area (Å²) in [5.74, 6) is 0.733. The molecule has 35 heavy (non-hydrogen) atoms. The Morgan fingerprint density at radius 1 is 1.17 bits per heavy atom. The van der Waals surface area contributed by atoms with E-state index in [1.54, 1.807) is 12.3 Å². The zero-order valence-corrected chi connectivity index (χ0v) is 20.9. The molecule has 184 valence electrons. The number of anilines is 1. The number of aromatic nitrogens is 2. The highest BCUT2D eigenvalue weighted by Crippen LogP contribution is 2.25. The molecule has 1 atom stereocenters. The lowest BCUT2D eigenvalue weighted by Crippen LogP contribution is -2.31. The predicted octanol–water partition coefficient (Wildman–Crippen LogP) is 4.60. The van der Waals surface area contributed by atoms with Crippen molar-refractivity contribution in [2.45, 2.75) is 25.3 Å². The Morgan fingerprint density at radius 3 is 2.69 bits per heavy atom. The quantitative estimate of drug-likeness (QED) is 0.182. The van der Waals surface area contributed by atoms with Crippen LogP contribution in [-0.2, 0) is 11.2 Å². The van der Waals surface area contributed by atoms with Crippen LogP contribution in [0.5, 0.6) is 0 Å². The first-order valence-electron chi connectivity index (χ1n) is 11.8. The monoisotopic (exact) mass is 472 g/mol. The van der Waals surface area contributed by atoms with Gasteiger partial charge in [0.1, 0.15) is 5.82 Å². The molecule has 7 heteroatoms. The number of fused-ring (bicyclic) bond motifs is 1. The molecular weight excluding hydrogens is 436 g/mol. The molecule has 3 rings (SSSR count). The standard InChI is InChI=1S/C28H36N6O/c1-6-9-28(27-10-7-8-16-30-27)34(5)21(2)31-23-12-14-26-22(18-23)19-24(32-26)11-13-25(33(3)4)15-17-29-20-35/h6-10,12,14,16,18-20,25,31-32H,1-2,11,13,15,17H2,3-5H3,(H,29,35)/b28-9-. The van der Waals surface area contributed by atoms with Crippen LogP contribution in [-0.4, -0.2) is 59.9 Å². The third-order valence-electron chi connectivity index (χ3n) is 6.12. The maximum atomic E-state index is 10.5. The number of aryl methyl sites for hydroxylation is 1. The summed E-state index contributed by atoms with van der Waals surface area (Å²) < 4.78 is 0. The van der Waals surface area contributed by atoms with Crippen LogP contribution >= 0.6 is 0 Å². The second kappa shape index (κ2) is 12.6. The fourth-order valence-corrected chi connectivity index (χ4v) is 4.09. The molecule has 0 fully saturated rings. The average molecular weight is 473 g/mol. The summed E-state index contributed by atoms with van der Waals surface area (Å²) in [7, 11) is 6.13. The first-order chi connectivity index (χ1) is 16.9. The van der Waals surface area contributed by atoms with Crippen LogP contribution in [0.4, 0.5) is 5.69 Å². The number of aromatic amines is 1. The highest BCUT2D eigenvalue weighted by Gasteiger charge is 2.14. The minimum Gasteiger partial charge on any atom is -0.359 e. The molecule has 1 amide bonds. The molecule has 0 bridgehead atoms. The molecule has 2 aromatic heterocycles. The van der Waals surface area contributed by atoms with Gasteiger partial charge in [0.05, 0.1) is 11.4 Å². The van der Waals surface area contributed by atoms with Crippen molar-refractivity contribution in [3.05, 3.63) is 91.2 Å². The first-order valence-corrected chi connectivity index (χ1v) is 11.8. The molecule has 0 aliphatic rings. The Labute approximate surface area is 208 Å². The zero-order valence-electron chi connectivity index (χ0n) is 20.9. The lowest BCUT2D eigenvalue weighted by atomic mass is 10.1. The van der Waals surface area contributed by atoms with E-state index in [2.05, 4.69) is 71.0 Å². The number of H-pyrrole nitrogens is 1. The molecule has 0 radical (unpaired) electrons. The van der Waals surface area contributed by atoms with Crippen molar-refractivity contribution >= 4 is 28.7 Å². The number of allylic oxidation sites excluding steroid dienone is 2.